The molecule has 1 saturated carbocycles. The van der Waals surface area contributed by atoms with Crippen LogP contribution in [0.3, 0.4) is 0 Å². The lowest BCUT2D eigenvalue weighted by Gasteiger charge is -2.21. The number of methoxy groups -OCH3 is 1. The van der Waals surface area contributed by atoms with Gasteiger partial charge in [-0.25, -0.2) is 9.48 Å². The van der Waals surface area contributed by atoms with E-state index < -0.39 is 0 Å². The number of hydrogen-bond acceptors (Lipinski definition) is 5. The topological polar surface area (TPSA) is 106 Å². The number of amides is 2. The zero-order chi connectivity index (χ0) is 24.2. The van der Waals surface area contributed by atoms with Crippen molar-refractivity contribution < 1.29 is 14.6 Å². The van der Waals surface area contributed by atoms with E-state index in [1.807, 2.05) is 50.5 Å². The van der Waals surface area contributed by atoms with Crippen molar-refractivity contribution in [2.75, 3.05) is 25.6 Å². The van der Waals surface area contributed by atoms with Gasteiger partial charge in [0.05, 0.1) is 18.5 Å². The summed E-state index contributed by atoms with van der Waals surface area (Å²) in [5.74, 6) is 1.34. The molecule has 9 nitrogen and oxygen atoms in total. The molecule has 34 heavy (non-hydrogen) atoms. The van der Waals surface area contributed by atoms with Gasteiger partial charge in [-0.05, 0) is 43.7 Å². The highest BCUT2D eigenvalue weighted by Gasteiger charge is 2.36. The molecule has 1 aromatic carbocycles. The Morgan fingerprint density at radius 3 is 2.71 bits per heavy atom. The second-order valence-corrected chi connectivity index (χ2v) is 9.28. The van der Waals surface area contributed by atoms with Crippen LogP contribution >= 0.6 is 0 Å². The van der Waals surface area contributed by atoms with Crippen LogP contribution in [0.25, 0.3) is 16.9 Å². The largest absolute Gasteiger partial charge is 0.396 e. The molecule has 4 atom stereocenters. The van der Waals surface area contributed by atoms with Gasteiger partial charge < -0.3 is 15.2 Å². The highest BCUT2D eigenvalue weighted by Crippen LogP contribution is 2.36. The van der Waals surface area contributed by atoms with Crippen molar-refractivity contribution in [2.24, 2.45) is 24.8 Å². The maximum absolute atomic E-state index is 13.1. The summed E-state index contributed by atoms with van der Waals surface area (Å²) in [6.45, 7) is 4.72. The Kier molecular flexibility index (Phi) is 7.33. The Morgan fingerprint density at radius 2 is 2.06 bits per heavy atom. The molecule has 1 aliphatic rings. The molecule has 182 valence electrons. The molecule has 0 spiro atoms. The molecule has 0 bridgehead atoms. The Labute approximate surface area is 200 Å². The second-order valence-electron chi connectivity index (χ2n) is 9.28. The van der Waals surface area contributed by atoms with Crippen molar-refractivity contribution in [1.82, 2.24) is 24.9 Å². The standard InChI is InChI=1S/C25H34N6O3/c1-16-10-18(20(14-32)15-34-4)11-22(16)27-25(33)28-24-17(2)23(19-12-26-30(3)13-19)29-31(24)21-8-6-5-7-9-21/h5-9,12-13,16,18,20,22,32H,10-11,14-15H2,1-4H3,(H2,27,28,33)/t16-,18+,20?,22-/m1/s1. The zero-order valence-electron chi connectivity index (χ0n) is 20.2. The Hall–Kier alpha value is -3.17. The summed E-state index contributed by atoms with van der Waals surface area (Å²) in [4.78, 5) is 13.1. The van der Waals surface area contributed by atoms with E-state index in [1.54, 1.807) is 22.7 Å². The number of aromatic nitrogens is 4. The number of para-hydroxylation sites is 1. The van der Waals surface area contributed by atoms with Crippen molar-refractivity contribution in [2.45, 2.75) is 32.7 Å². The van der Waals surface area contributed by atoms with Crippen molar-refractivity contribution in [3.05, 3.63) is 48.3 Å². The van der Waals surface area contributed by atoms with Gasteiger partial charge in [-0.15, -0.1) is 0 Å². The second kappa shape index (κ2) is 10.4. The van der Waals surface area contributed by atoms with E-state index in [9.17, 15) is 9.90 Å². The molecule has 0 saturated heterocycles. The lowest BCUT2D eigenvalue weighted by molar-refractivity contribution is 0.0756. The Balaban J connectivity index is 1.55. The summed E-state index contributed by atoms with van der Waals surface area (Å²) in [5, 5.41) is 25.0. The molecule has 0 radical (unpaired) electrons. The molecule has 1 fully saturated rings. The number of anilines is 1. The average molecular weight is 467 g/mol. The number of urea groups is 1. The Bertz CT molecular complexity index is 1110. The number of carbonyl (C=O) groups excluding carboxylic acids is 1. The molecule has 3 N–H and O–H groups in total. The molecule has 1 unspecified atom stereocenters. The lowest BCUT2D eigenvalue weighted by atomic mass is 9.91. The lowest BCUT2D eigenvalue weighted by Crippen LogP contribution is -2.40. The fourth-order valence-corrected chi connectivity index (χ4v) is 4.96. The molecule has 0 aliphatic heterocycles. The summed E-state index contributed by atoms with van der Waals surface area (Å²) in [6, 6.07) is 9.51. The van der Waals surface area contributed by atoms with E-state index in [2.05, 4.69) is 22.7 Å². The summed E-state index contributed by atoms with van der Waals surface area (Å²) in [5.41, 5.74) is 3.38. The van der Waals surface area contributed by atoms with Gasteiger partial charge in [0.15, 0.2) is 0 Å². The maximum Gasteiger partial charge on any atom is 0.320 e. The minimum Gasteiger partial charge on any atom is -0.396 e. The van der Waals surface area contributed by atoms with E-state index >= 15 is 0 Å². The number of benzene rings is 1. The van der Waals surface area contributed by atoms with Crippen LogP contribution in [0.5, 0.6) is 0 Å². The van der Waals surface area contributed by atoms with Crippen LogP contribution in [-0.4, -0.2) is 57.1 Å². The van der Waals surface area contributed by atoms with E-state index in [0.29, 0.717) is 24.3 Å². The van der Waals surface area contributed by atoms with Crippen molar-refractivity contribution in [1.29, 1.82) is 0 Å². The monoisotopic (exact) mass is 466 g/mol. The first-order chi connectivity index (χ1) is 16.4. The van der Waals surface area contributed by atoms with Crippen LogP contribution in [-0.2, 0) is 11.8 Å². The zero-order valence-corrected chi connectivity index (χ0v) is 20.2. The van der Waals surface area contributed by atoms with Crippen LogP contribution in [0.15, 0.2) is 42.7 Å². The first kappa shape index (κ1) is 24.0. The molecule has 2 heterocycles. The summed E-state index contributed by atoms with van der Waals surface area (Å²) in [6.07, 6.45) is 5.45. The van der Waals surface area contributed by atoms with Gasteiger partial charge in [0.25, 0.3) is 0 Å². The maximum atomic E-state index is 13.1. The van der Waals surface area contributed by atoms with Gasteiger partial charge in [-0.2, -0.15) is 10.2 Å². The van der Waals surface area contributed by atoms with E-state index in [0.717, 1.165) is 35.3 Å². The van der Waals surface area contributed by atoms with Gasteiger partial charge in [0.2, 0.25) is 0 Å². The molecule has 2 amide bonds. The molecular formula is C25H34N6O3. The molecule has 2 aromatic heterocycles. The number of nitrogens with one attached hydrogen (secondary N) is 2. The summed E-state index contributed by atoms with van der Waals surface area (Å²) in [7, 11) is 3.52. The summed E-state index contributed by atoms with van der Waals surface area (Å²) < 4.78 is 8.77. The van der Waals surface area contributed by atoms with Gasteiger partial charge in [0.1, 0.15) is 11.5 Å². The van der Waals surface area contributed by atoms with E-state index in [4.69, 9.17) is 9.84 Å². The molecular weight excluding hydrogens is 432 g/mol. The number of aliphatic hydroxyl groups is 1. The van der Waals surface area contributed by atoms with E-state index in [-0.39, 0.29) is 24.6 Å². The SMILES string of the molecule is COCC(CO)[C@H]1C[C@@H](C)[C@H](NC(=O)Nc2c(C)c(-c3cnn(C)c3)nn2-c2ccccc2)C1. The third kappa shape index (κ3) is 5.00. The first-order valence-electron chi connectivity index (χ1n) is 11.7. The predicted molar refractivity (Wildman–Crippen MR) is 131 cm³/mol. The third-order valence-corrected chi connectivity index (χ3v) is 6.85. The smallest absolute Gasteiger partial charge is 0.320 e. The number of ether oxygens (including phenoxy) is 1. The number of nitrogens with zero attached hydrogens (tertiary/aromatic N) is 4. The van der Waals surface area contributed by atoms with Crippen LogP contribution in [0.2, 0.25) is 0 Å². The highest BCUT2D eigenvalue weighted by atomic mass is 16.5. The van der Waals surface area contributed by atoms with Crippen molar-refractivity contribution in [3.8, 4) is 16.9 Å². The quantitative estimate of drug-likeness (QED) is 0.472. The number of hydrogen-bond donors (Lipinski definition) is 3. The number of aliphatic hydroxyl groups excluding tert-OH is 1. The Morgan fingerprint density at radius 1 is 1.29 bits per heavy atom. The van der Waals surface area contributed by atoms with Crippen molar-refractivity contribution in [3.63, 3.8) is 0 Å². The van der Waals surface area contributed by atoms with Gasteiger partial charge in [-0.1, -0.05) is 25.1 Å². The third-order valence-electron chi connectivity index (χ3n) is 6.85. The van der Waals surface area contributed by atoms with Gasteiger partial charge in [0, 0.05) is 50.0 Å². The van der Waals surface area contributed by atoms with Crippen LogP contribution < -0.4 is 10.6 Å². The number of carbonyl (C=O) groups is 1. The summed E-state index contributed by atoms with van der Waals surface area (Å²) >= 11 is 0. The predicted octanol–water partition coefficient (Wildman–Crippen LogP) is 3.37. The number of aryl methyl sites for hydroxylation is 1. The van der Waals surface area contributed by atoms with Crippen LogP contribution in [0.1, 0.15) is 25.3 Å². The van der Waals surface area contributed by atoms with Crippen LogP contribution in [0.4, 0.5) is 10.6 Å². The van der Waals surface area contributed by atoms with Gasteiger partial charge in [-0.3, -0.25) is 10.00 Å². The normalized spacial score (nSPS) is 20.9. The minimum absolute atomic E-state index is 0.0297. The van der Waals surface area contributed by atoms with E-state index in [1.165, 1.54) is 0 Å². The first-order valence-corrected chi connectivity index (χ1v) is 11.7. The molecule has 4 rings (SSSR count). The highest BCUT2D eigenvalue weighted by molar-refractivity contribution is 5.91. The van der Waals surface area contributed by atoms with Gasteiger partial charge >= 0.3 is 6.03 Å². The molecule has 9 heteroatoms. The fraction of sp³-hybridized carbons (Fsp3) is 0.480. The molecule has 1 aliphatic carbocycles. The molecule has 3 aromatic rings. The average Bonchev–Trinajstić information content (AvgIpc) is 3.51. The minimum atomic E-state index is -0.261. The van der Waals surface area contributed by atoms with Crippen LogP contribution in [0, 0.1) is 24.7 Å². The fourth-order valence-electron chi connectivity index (χ4n) is 4.96. The van der Waals surface area contributed by atoms with Crippen molar-refractivity contribution >= 4 is 11.8 Å². The number of rotatable bonds is 8.